The summed E-state index contributed by atoms with van der Waals surface area (Å²) >= 11 is 0. The van der Waals surface area contributed by atoms with E-state index in [0.29, 0.717) is 13.0 Å². The summed E-state index contributed by atoms with van der Waals surface area (Å²) in [7, 11) is 2.73. The molecule has 0 fully saturated rings. The number of urea groups is 1. The summed E-state index contributed by atoms with van der Waals surface area (Å²) in [4.78, 5) is 33.6. The van der Waals surface area contributed by atoms with Crippen LogP contribution in [0.5, 0.6) is 0 Å². The number of aliphatic carboxylic acids is 1. The van der Waals surface area contributed by atoms with Crippen LogP contribution in [-0.4, -0.2) is 56.0 Å². The van der Waals surface area contributed by atoms with Crippen molar-refractivity contribution in [3.63, 3.8) is 0 Å². The van der Waals surface area contributed by atoms with E-state index in [2.05, 4.69) is 15.4 Å². The van der Waals surface area contributed by atoms with Crippen molar-refractivity contribution < 1.29 is 29.0 Å². The van der Waals surface area contributed by atoms with E-state index in [1.807, 2.05) is 6.92 Å². The van der Waals surface area contributed by atoms with Gasteiger partial charge in [-0.05, 0) is 12.8 Å². The molecule has 1 unspecified atom stereocenters. The van der Waals surface area contributed by atoms with Gasteiger partial charge in [-0.15, -0.1) is 0 Å². The lowest BCUT2D eigenvalue weighted by Crippen LogP contribution is -2.50. The molecule has 0 aliphatic carbocycles. The number of hydrogen-bond donors (Lipinski definition) is 3. The topological polar surface area (TPSA) is 114 Å². The van der Waals surface area contributed by atoms with Crippen molar-refractivity contribution in [2.45, 2.75) is 38.3 Å². The van der Waals surface area contributed by atoms with Crippen molar-refractivity contribution in [1.29, 1.82) is 0 Å². The van der Waals surface area contributed by atoms with Crippen LogP contribution in [0.15, 0.2) is 0 Å². The van der Waals surface area contributed by atoms with E-state index >= 15 is 0 Å². The molecule has 8 nitrogen and oxygen atoms in total. The van der Waals surface area contributed by atoms with Crippen molar-refractivity contribution in [1.82, 2.24) is 10.6 Å². The van der Waals surface area contributed by atoms with Gasteiger partial charge in [0, 0.05) is 13.5 Å². The highest BCUT2D eigenvalue weighted by molar-refractivity contribution is 5.83. The summed E-state index contributed by atoms with van der Waals surface area (Å²) in [6.45, 7) is 2.21. The Bertz CT molecular complexity index is 334. The molecule has 0 radical (unpaired) electrons. The Kier molecular flexibility index (Phi) is 9.10. The zero-order valence-electron chi connectivity index (χ0n) is 12.0. The average molecular weight is 290 g/mol. The molecule has 0 rings (SSSR count). The molecule has 0 spiro atoms. The Morgan fingerprint density at radius 3 is 2.30 bits per heavy atom. The number of ether oxygens (including phenoxy) is 2. The summed E-state index contributed by atoms with van der Waals surface area (Å²) in [5, 5.41) is 13.9. The van der Waals surface area contributed by atoms with E-state index in [4.69, 9.17) is 9.84 Å². The minimum absolute atomic E-state index is 0.0313. The van der Waals surface area contributed by atoms with E-state index in [0.717, 1.165) is 0 Å². The summed E-state index contributed by atoms with van der Waals surface area (Å²) in [6, 6.07) is -1.95. The molecule has 8 heteroatoms. The minimum Gasteiger partial charge on any atom is -0.480 e. The van der Waals surface area contributed by atoms with Gasteiger partial charge in [-0.1, -0.05) is 6.92 Å². The predicted octanol–water partition coefficient (Wildman–Crippen LogP) is 0.117. The highest BCUT2D eigenvalue weighted by Crippen LogP contribution is 2.00. The number of rotatable bonds is 9. The monoisotopic (exact) mass is 290 g/mol. The van der Waals surface area contributed by atoms with Gasteiger partial charge in [0.1, 0.15) is 6.04 Å². The van der Waals surface area contributed by atoms with Crippen LogP contribution >= 0.6 is 0 Å². The summed E-state index contributed by atoms with van der Waals surface area (Å²) in [6.07, 6.45) is 0.542. The first kappa shape index (κ1) is 18.2. The van der Waals surface area contributed by atoms with Gasteiger partial charge in [0.25, 0.3) is 0 Å². The van der Waals surface area contributed by atoms with Crippen LogP contribution in [-0.2, 0) is 19.1 Å². The number of carboxylic acids is 1. The number of nitrogens with one attached hydrogen (secondary N) is 2. The molecular weight excluding hydrogens is 268 g/mol. The molecule has 0 saturated heterocycles. The summed E-state index contributed by atoms with van der Waals surface area (Å²) < 4.78 is 9.34. The molecule has 0 aromatic rings. The van der Waals surface area contributed by atoms with E-state index in [9.17, 15) is 14.4 Å². The molecule has 20 heavy (non-hydrogen) atoms. The fourth-order valence-corrected chi connectivity index (χ4v) is 1.47. The van der Waals surface area contributed by atoms with Crippen molar-refractivity contribution >= 4 is 18.0 Å². The summed E-state index contributed by atoms with van der Waals surface area (Å²) in [5.74, 6) is -1.73. The van der Waals surface area contributed by atoms with Gasteiger partial charge in [0.2, 0.25) is 0 Å². The van der Waals surface area contributed by atoms with Crippen molar-refractivity contribution in [3.8, 4) is 0 Å². The maximum Gasteiger partial charge on any atom is 0.326 e. The second-order valence-corrected chi connectivity index (χ2v) is 4.18. The van der Waals surface area contributed by atoms with Crippen molar-refractivity contribution in [3.05, 3.63) is 0 Å². The second kappa shape index (κ2) is 10.0. The van der Waals surface area contributed by atoms with Crippen LogP contribution in [0.3, 0.4) is 0 Å². The van der Waals surface area contributed by atoms with Crippen LogP contribution in [0.1, 0.15) is 26.2 Å². The quantitative estimate of drug-likeness (QED) is 0.520. The number of carbonyl (C=O) groups excluding carboxylic acids is 2. The molecule has 0 aliphatic heterocycles. The number of carboxylic acid groups (broad SMARTS) is 1. The maximum absolute atomic E-state index is 11.7. The molecule has 3 N–H and O–H groups in total. The number of methoxy groups -OCH3 is 2. The normalized spacial score (nSPS) is 13.2. The number of carbonyl (C=O) groups is 3. The first-order valence-corrected chi connectivity index (χ1v) is 6.30. The van der Waals surface area contributed by atoms with Gasteiger partial charge in [-0.25, -0.2) is 9.59 Å². The molecule has 116 valence electrons. The van der Waals surface area contributed by atoms with Crippen LogP contribution in [0.2, 0.25) is 0 Å². The van der Waals surface area contributed by atoms with Crippen LogP contribution in [0.4, 0.5) is 4.79 Å². The molecule has 0 aliphatic rings. The van der Waals surface area contributed by atoms with E-state index in [1.54, 1.807) is 0 Å². The molecule has 0 saturated carbocycles. The molecule has 2 amide bonds. The first-order valence-electron chi connectivity index (χ1n) is 6.30. The number of amides is 2. The molecule has 0 bridgehead atoms. The first-order chi connectivity index (χ1) is 9.44. The smallest absolute Gasteiger partial charge is 0.326 e. The Morgan fingerprint density at radius 2 is 1.85 bits per heavy atom. The third-order valence-electron chi connectivity index (χ3n) is 2.66. The Labute approximate surface area is 117 Å². The van der Waals surface area contributed by atoms with E-state index in [1.165, 1.54) is 14.2 Å². The average Bonchev–Trinajstić information content (AvgIpc) is 2.41. The number of esters is 1. The fraction of sp³-hybridized carbons (Fsp3) is 0.750. The van der Waals surface area contributed by atoms with Gasteiger partial charge < -0.3 is 25.2 Å². The van der Waals surface area contributed by atoms with Gasteiger partial charge >= 0.3 is 18.0 Å². The lowest BCUT2D eigenvalue weighted by molar-refractivity contribution is -0.142. The Morgan fingerprint density at radius 1 is 1.20 bits per heavy atom. The summed E-state index contributed by atoms with van der Waals surface area (Å²) in [5.41, 5.74) is 0. The highest BCUT2D eigenvalue weighted by Gasteiger charge is 2.22. The predicted molar refractivity (Wildman–Crippen MR) is 70.3 cm³/mol. The van der Waals surface area contributed by atoms with Crippen LogP contribution in [0, 0.1) is 0 Å². The molecular formula is C12H22N2O6. The van der Waals surface area contributed by atoms with Crippen LogP contribution < -0.4 is 10.6 Å². The minimum atomic E-state index is -1.20. The largest absolute Gasteiger partial charge is 0.480 e. The Balaban J connectivity index is 4.33. The lowest BCUT2D eigenvalue weighted by atomic mass is 10.1. The molecule has 0 aromatic carbocycles. The molecule has 0 aromatic heterocycles. The van der Waals surface area contributed by atoms with Crippen molar-refractivity contribution in [2.75, 3.05) is 20.8 Å². The highest BCUT2D eigenvalue weighted by atomic mass is 16.5. The third-order valence-corrected chi connectivity index (χ3v) is 2.66. The number of hydrogen-bond acceptors (Lipinski definition) is 5. The van der Waals surface area contributed by atoms with Crippen molar-refractivity contribution in [2.24, 2.45) is 0 Å². The lowest BCUT2D eigenvalue weighted by Gasteiger charge is -2.19. The van der Waals surface area contributed by atoms with E-state index in [-0.39, 0.29) is 18.9 Å². The van der Waals surface area contributed by atoms with Gasteiger partial charge in [0.15, 0.2) is 0 Å². The van der Waals surface area contributed by atoms with Crippen LogP contribution in [0.25, 0.3) is 0 Å². The molecule has 2 atom stereocenters. The standard InChI is InChI=1S/C12H22N2O6/c1-4-8(7-19-2)13-12(18)14-9(11(16)17)5-6-10(15)20-3/h8-9H,4-7H2,1-3H3,(H,16,17)(H2,13,14,18)/t8?,9-/m0/s1. The third kappa shape index (κ3) is 7.57. The molecule has 0 heterocycles. The maximum atomic E-state index is 11.7. The van der Waals surface area contributed by atoms with E-state index < -0.39 is 24.0 Å². The fourth-order valence-electron chi connectivity index (χ4n) is 1.47. The van der Waals surface area contributed by atoms with Gasteiger partial charge in [0.05, 0.1) is 19.8 Å². The zero-order valence-corrected chi connectivity index (χ0v) is 12.0. The Hall–Kier alpha value is -1.83. The zero-order chi connectivity index (χ0) is 15.5. The second-order valence-electron chi connectivity index (χ2n) is 4.18. The van der Waals surface area contributed by atoms with Gasteiger partial charge in [-0.2, -0.15) is 0 Å². The van der Waals surface area contributed by atoms with Gasteiger partial charge in [-0.3, -0.25) is 4.79 Å². The SMILES string of the molecule is CCC(COC)NC(=O)N[C@@H](CCC(=O)OC)C(=O)O.